The van der Waals surface area contributed by atoms with Crippen LogP contribution in [0.3, 0.4) is 0 Å². The van der Waals surface area contributed by atoms with Crippen molar-refractivity contribution in [2.75, 3.05) is 6.61 Å². The van der Waals surface area contributed by atoms with Gasteiger partial charge in [0, 0.05) is 29.1 Å². The third-order valence-corrected chi connectivity index (χ3v) is 7.26. The molecule has 0 saturated carbocycles. The zero-order valence-electron chi connectivity index (χ0n) is 23.3. The molecular formula is C32H38Cl2N2O3. The molecule has 0 aliphatic rings. The number of benzene rings is 3. The lowest BCUT2D eigenvalue weighted by Gasteiger charge is -2.32. The quantitative estimate of drug-likeness (QED) is 0.265. The van der Waals surface area contributed by atoms with Crippen LogP contribution < -0.4 is 10.1 Å². The summed E-state index contributed by atoms with van der Waals surface area (Å²) in [5.41, 5.74) is 2.47. The fourth-order valence-corrected chi connectivity index (χ4v) is 4.73. The minimum Gasteiger partial charge on any atom is -0.483 e. The maximum atomic E-state index is 13.9. The van der Waals surface area contributed by atoms with Gasteiger partial charge in [0.2, 0.25) is 5.91 Å². The Balaban J connectivity index is 1.98. The number of hydrogen-bond donors (Lipinski definition) is 1. The van der Waals surface area contributed by atoms with Gasteiger partial charge >= 0.3 is 0 Å². The maximum absolute atomic E-state index is 13.9. The first-order chi connectivity index (χ1) is 18.5. The molecule has 0 saturated heterocycles. The van der Waals surface area contributed by atoms with Crippen LogP contribution in [0.2, 0.25) is 10.0 Å². The molecule has 0 spiro atoms. The molecule has 1 N–H and O–H groups in total. The van der Waals surface area contributed by atoms with Gasteiger partial charge in [-0.2, -0.15) is 0 Å². The van der Waals surface area contributed by atoms with Crippen LogP contribution in [0.15, 0.2) is 72.8 Å². The largest absolute Gasteiger partial charge is 0.483 e. The van der Waals surface area contributed by atoms with Crippen LogP contribution in [0.1, 0.15) is 57.7 Å². The highest BCUT2D eigenvalue weighted by molar-refractivity contribution is 6.35. The lowest BCUT2D eigenvalue weighted by molar-refractivity contribution is -0.143. The second-order valence-corrected chi connectivity index (χ2v) is 11.7. The average molecular weight is 570 g/mol. The molecule has 3 rings (SSSR count). The molecule has 0 unspecified atom stereocenters. The number of ether oxygens (including phenoxy) is 1. The lowest BCUT2D eigenvalue weighted by Crippen LogP contribution is -2.53. The van der Waals surface area contributed by atoms with Gasteiger partial charge < -0.3 is 15.0 Å². The van der Waals surface area contributed by atoms with Gasteiger partial charge in [0.05, 0.1) is 0 Å². The van der Waals surface area contributed by atoms with E-state index in [1.54, 1.807) is 23.1 Å². The highest BCUT2D eigenvalue weighted by atomic mass is 35.5. The van der Waals surface area contributed by atoms with Crippen molar-refractivity contribution in [3.63, 3.8) is 0 Å². The van der Waals surface area contributed by atoms with E-state index in [4.69, 9.17) is 27.9 Å². The molecule has 0 aromatic heterocycles. The Morgan fingerprint density at radius 2 is 1.64 bits per heavy atom. The molecule has 39 heavy (non-hydrogen) atoms. The minimum atomic E-state index is -0.776. The summed E-state index contributed by atoms with van der Waals surface area (Å²) in [6.45, 7) is 10.2. The maximum Gasteiger partial charge on any atom is 0.261 e. The zero-order valence-corrected chi connectivity index (χ0v) is 24.9. The Labute approximate surface area is 242 Å². The van der Waals surface area contributed by atoms with E-state index in [-0.39, 0.29) is 36.4 Å². The summed E-state index contributed by atoms with van der Waals surface area (Å²) >= 11 is 12.6. The molecule has 7 heteroatoms. The Kier molecular flexibility index (Phi) is 10.8. The van der Waals surface area contributed by atoms with Crippen molar-refractivity contribution in [1.29, 1.82) is 0 Å². The van der Waals surface area contributed by atoms with E-state index >= 15 is 0 Å². The fourth-order valence-electron chi connectivity index (χ4n) is 4.26. The SMILES string of the molecule is CC[C@H](C)NC(=O)[C@H](Cc1ccccc1)N(Cc1ccc(Cl)cc1Cl)C(=O)COc1ccccc1C(C)(C)C. The van der Waals surface area contributed by atoms with Crippen molar-refractivity contribution in [2.24, 2.45) is 0 Å². The number of rotatable bonds is 11. The average Bonchev–Trinajstić information content (AvgIpc) is 2.90. The third-order valence-electron chi connectivity index (χ3n) is 6.67. The van der Waals surface area contributed by atoms with Gasteiger partial charge in [-0.25, -0.2) is 0 Å². The van der Waals surface area contributed by atoms with E-state index in [2.05, 4.69) is 26.1 Å². The van der Waals surface area contributed by atoms with Gasteiger partial charge in [-0.05, 0) is 53.6 Å². The summed E-state index contributed by atoms with van der Waals surface area (Å²) in [7, 11) is 0. The van der Waals surface area contributed by atoms with Crippen LogP contribution in [-0.4, -0.2) is 35.4 Å². The van der Waals surface area contributed by atoms with E-state index < -0.39 is 6.04 Å². The highest BCUT2D eigenvalue weighted by Gasteiger charge is 2.32. The van der Waals surface area contributed by atoms with Crippen LogP contribution in [0.25, 0.3) is 0 Å². The summed E-state index contributed by atoms with van der Waals surface area (Å²) in [5.74, 6) is 0.109. The van der Waals surface area contributed by atoms with Crippen LogP contribution >= 0.6 is 23.2 Å². The van der Waals surface area contributed by atoms with Crippen LogP contribution in [-0.2, 0) is 28.0 Å². The first-order valence-corrected chi connectivity index (χ1v) is 14.0. The molecule has 2 atom stereocenters. The number of nitrogens with one attached hydrogen (secondary N) is 1. The van der Waals surface area contributed by atoms with E-state index in [1.807, 2.05) is 68.4 Å². The predicted molar refractivity (Wildman–Crippen MR) is 159 cm³/mol. The molecule has 0 aliphatic heterocycles. The Bertz CT molecular complexity index is 1260. The molecule has 0 fully saturated rings. The van der Waals surface area contributed by atoms with Gasteiger partial charge in [0.25, 0.3) is 5.91 Å². The zero-order chi connectivity index (χ0) is 28.6. The van der Waals surface area contributed by atoms with Crippen LogP contribution in [0.4, 0.5) is 0 Å². The van der Waals surface area contributed by atoms with Gasteiger partial charge in [-0.1, -0.05) is 105 Å². The smallest absolute Gasteiger partial charge is 0.261 e. The number of nitrogens with zero attached hydrogens (tertiary/aromatic N) is 1. The van der Waals surface area contributed by atoms with Gasteiger partial charge in [-0.3, -0.25) is 9.59 Å². The molecule has 0 radical (unpaired) electrons. The summed E-state index contributed by atoms with van der Waals surface area (Å²) in [6, 6.07) is 21.7. The summed E-state index contributed by atoms with van der Waals surface area (Å²) < 4.78 is 6.10. The minimum absolute atomic E-state index is 0.0400. The molecule has 208 valence electrons. The van der Waals surface area contributed by atoms with E-state index in [9.17, 15) is 9.59 Å². The topological polar surface area (TPSA) is 58.6 Å². The van der Waals surface area contributed by atoms with Crippen molar-refractivity contribution in [1.82, 2.24) is 10.2 Å². The first-order valence-electron chi connectivity index (χ1n) is 13.3. The summed E-state index contributed by atoms with van der Waals surface area (Å²) in [5, 5.41) is 4.00. The fraction of sp³-hybridized carbons (Fsp3) is 0.375. The van der Waals surface area contributed by atoms with Crippen LogP contribution in [0.5, 0.6) is 5.75 Å². The predicted octanol–water partition coefficient (Wildman–Crippen LogP) is 7.22. The molecule has 3 aromatic carbocycles. The van der Waals surface area contributed by atoms with Gasteiger partial charge in [0.1, 0.15) is 11.8 Å². The summed E-state index contributed by atoms with van der Waals surface area (Å²) in [6.07, 6.45) is 1.12. The molecule has 0 heterocycles. The molecule has 2 amide bonds. The molecule has 0 bridgehead atoms. The van der Waals surface area contributed by atoms with Crippen LogP contribution in [0, 0.1) is 0 Å². The Morgan fingerprint density at radius 3 is 2.28 bits per heavy atom. The second-order valence-electron chi connectivity index (χ2n) is 10.8. The number of amides is 2. The monoisotopic (exact) mass is 568 g/mol. The number of para-hydroxylation sites is 1. The highest BCUT2D eigenvalue weighted by Crippen LogP contribution is 2.31. The van der Waals surface area contributed by atoms with Crippen molar-refractivity contribution in [2.45, 2.75) is 71.5 Å². The number of carbonyl (C=O) groups is 2. The molecular weight excluding hydrogens is 531 g/mol. The molecule has 5 nitrogen and oxygen atoms in total. The number of carbonyl (C=O) groups excluding carboxylic acids is 2. The van der Waals surface area contributed by atoms with Crippen molar-refractivity contribution in [3.05, 3.63) is 99.5 Å². The van der Waals surface area contributed by atoms with Crippen molar-refractivity contribution >= 4 is 35.0 Å². The lowest BCUT2D eigenvalue weighted by atomic mass is 9.86. The number of hydrogen-bond acceptors (Lipinski definition) is 3. The van der Waals surface area contributed by atoms with E-state index in [0.29, 0.717) is 27.8 Å². The second kappa shape index (κ2) is 13.9. The van der Waals surface area contributed by atoms with Gasteiger partial charge in [0.15, 0.2) is 6.61 Å². The first kappa shape index (κ1) is 30.5. The third kappa shape index (κ3) is 8.74. The molecule has 3 aromatic rings. The van der Waals surface area contributed by atoms with E-state index in [1.165, 1.54) is 0 Å². The standard InChI is InChI=1S/C32H38Cl2N2O3/c1-6-22(2)35-31(38)28(18-23-12-8-7-9-13-23)36(20-24-16-17-25(33)19-27(24)34)30(37)21-39-29-15-11-10-14-26(29)32(3,4)5/h7-17,19,22,28H,6,18,20-21H2,1-5H3,(H,35,38)/t22-,28-/m0/s1. The van der Waals surface area contributed by atoms with E-state index in [0.717, 1.165) is 17.5 Å². The molecule has 0 aliphatic carbocycles. The Hall–Kier alpha value is -3.02. The normalized spacial score (nSPS) is 12.9. The van der Waals surface area contributed by atoms with Crippen molar-refractivity contribution in [3.8, 4) is 5.75 Å². The number of halogens is 2. The Morgan fingerprint density at radius 1 is 0.974 bits per heavy atom. The summed E-state index contributed by atoms with van der Waals surface area (Å²) in [4.78, 5) is 29.1. The van der Waals surface area contributed by atoms with Crippen molar-refractivity contribution < 1.29 is 14.3 Å². The van der Waals surface area contributed by atoms with Gasteiger partial charge in [-0.15, -0.1) is 0 Å².